The van der Waals surface area contributed by atoms with Crippen molar-refractivity contribution in [1.82, 2.24) is 4.90 Å². The lowest BCUT2D eigenvalue weighted by Gasteiger charge is -2.16. The number of fused-ring (bicyclic) bond motifs is 1. The van der Waals surface area contributed by atoms with Gasteiger partial charge in [-0.3, -0.25) is 9.59 Å². The fourth-order valence-electron chi connectivity index (χ4n) is 2.58. The molecule has 7 nitrogen and oxygen atoms in total. The molecule has 0 bridgehead atoms. The highest BCUT2D eigenvalue weighted by Gasteiger charge is 2.20. The summed E-state index contributed by atoms with van der Waals surface area (Å²) >= 11 is 0. The lowest BCUT2D eigenvalue weighted by Crippen LogP contribution is -2.37. The highest BCUT2D eigenvalue weighted by molar-refractivity contribution is 5.74. The number of nitrogens with one attached hydrogen (secondary N) is 2. The van der Waals surface area contributed by atoms with E-state index >= 15 is 0 Å². The van der Waals surface area contributed by atoms with Gasteiger partial charge in [-0.1, -0.05) is 6.07 Å². The van der Waals surface area contributed by atoms with E-state index in [1.54, 1.807) is 0 Å². The Morgan fingerprint density at radius 3 is 2.50 bits per heavy atom. The third-order valence-electron chi connectivity index (χ3n) is 3.90. The molecule has 1 aliphatic rings. The average Bonchev–Trinajstić information content (AvgIpc) is 3.03. The first-order chi connectivity index (χ1) is 11.6. The molecule has 0 amide bonds. The molecular weight excluding hydrogens is 310 g/mol. The lowest BCUT2D eigenvalue weighted by atomic mass is 10.1. The Kier molecular flexibility index (Phi) is 4.71. The predicted octanol–water partition coefficient (Wildman–Crippen LogP) is 0.987. The maximum absolute atomic E-state index is 11.8. The number of rotatable bonds is 8. The van der Waals surface area contributed by atoms with Gasteiger partial charge in [0.25, 0.3) is 10.9 Å². The molecule has 2 aromatic rings. The summed E-state index contributed by atoms with van der Waals surface area (Å²) < 4.78 is 10.6. The van der Waals surface area contributed by atoms with Crippen LogP contribution in [0.4, 0.5) is 11.4 Å². The summed E-state index contributed by atoms with van der Waals surface area (Å²) in [6.45, 7) is 2.24. The van der Waals surface area contributed by atoms with E-state index < -0.39 is 10.9 Å². The van der Waals surface area contributed by atoms with Gasteiger partial charge in [0.2, 0.25) is 6.79 Å². The summed E-state index contributed by atoms with van der Waals surface area (Å²) in [5.74, 6) is 1.41. The molecule has 0 aliphatic carbocycles. The van der Waals surface area contributed by atoms with Gasteiger partial charge in [0, 0.05) is 13.1 Å². The summed E-state index contributed by atoms with van der Waals surface area (Å²) in [4.78, 5) is 25.5. The lowest BCUT2D eigenvalue weighted by molar-refractivity contribution is 0.174. The van der Waals surface area contributed by atoms with Crippen LogP contribution in [0.3, 0.4) is 0 Å². The SMILES string of the molecule is CN(C)CCCNc1c(NCc2ccc3c(c2)OCO3)c(=O)c1=O. The molecule has 0 atom stereocenters. The predicted molar refractivity (Wildman–Crippen MR) is 92.9 cm³/mol. The van der Waals surface area contributed by atoms with E-state index in [1.165, 1.54) is 0 Å². The number of nitrogens with zero attached hydrogens (tertiary/aromatic N) is 1. The molecule has 7 heteroatoms. The van der Waals surface area contributed by atoms with Crippen molar-refractivity contribution < 1.29 is 9.47 Å². The van der Waals surface area contributed by atoms with E-state index in [-0.39, 0.29) is 6.79 Å². The first-order valence-corrected chi connectivity index (χ1v) is 7.90. The molecule has 24 heavy (non-hydrogen) atoms. The maximum atomic E-state index is 11.8. The number of benzene rings is 1. The number of ether oxygens (including phenoxy) is 2. The van der Waals surface area contributed by atoms with Gasteiger partial charge in [-0.25, -0.2) is 0 Å². The van der Waals surface area contributed by atoms with Crippen LogP contribution in [-0.4, -0.2) is 38.9 Å². The fourth-order valence-corrected chi connectivity index (χ4v) is 2.58. The van der Waals surface area contributed by atoms with Crippen molar-refractivity contribution >= 4 is 11.4 Å². The van der Waals surface area contributed by atoms with Crippen molar-refractivity contribution in [2.24, 2.45) is 0 Å². The van der Waals surface area contributed by atoms with Gasteiger partial charge in [0.15, 0.2) is 11.5 Å². The van der Waals surface area contributed by atoms with E-state index in [4.69, 9.17) is 9.47 Å². The number of hydrogen-bond donors (Lipinski definition) is 2. The quantitative estimate of drug-likeness (QED) is 0.551. The molecule has 2 N–H and O–H groups in total. The molecule has 0 saturated carbocycles. The molecule has 0 fully saturated rings. The van der Waals surface area contributed by atoms with Crippen LogP contribution in [0.5, 0.6) is 11.5 Å². The molecule has 0 radical (unpaired) electrons. The van der Waals surface area contributed by atoms with Crippen LogP contribution in [0.25, 0.3) is 0 Å². The van der Waals surface area contributed by atoms with E-state index in [0.717, 1.165) is 24.3 Å². The Labute approximate surface area is 139 Å². The monoisotopic (exact) mass is 331 g/mol. The highest BCUT2D eigenvalue weighted by atomic mass is 16.7. The average molecular weight is 331 g/mol. The second-order valence-corrected chi connectivity index (χ2v) is 6.03. The van der Waals surface area contributed by atoms with Crippen molar-refractivity contribution in [2.75, 3.05) is 44.6 Å². The largest absolute Gasteiger partial charge is 0.454 e. The Hall–Kier alpha value is -2.54. The molecule has 2 aromatic carbocycles. The Balaban J connectivity index is 1.58. The van der Waals surface area contributed by atoms with Crippen molar-refractivity contribution in [3.8, 4) is 11.5 Å². The molecule has 1 aliphatic heterocycles. The smallest absolute Gasteiger partial charge is 0.253 e. The standard InChI is InChI=1S/C17H21N3O4/c1-20(2)7-3-6-18-14-15(17(22)16(14)21)19-9-11-4-5-12-13(8-11)24-10-23-12/h4-5,8,18-19H,3,6-7,9-10H2,1-2H3. The molecule has 128 valence electrons. The zero-order valence-corrected chi connectivity index (χ0v) is 13.8. The molecule has 0 saturated heterocycles. The van der Waals surface area contributed by atoms with Gasteiger partial charge >= 0.3 is 0 Å². The molecule has 0 spiro atoms. The Bertz CT molecular complexity index is 794. The van der Waals surface area contributed by atoms with E-state index in [9.17, 15) is 9.59 Å². The first-order valence-electron chi connectivity index (χ1n) is 7.90. The van der Waals surface area contributed by atoms with Crippen molar-refractivity contribution in [2.45, 2.75) is 13.0 Å². The normalized spacial score (nSPS) is 12.8. The van der Waals surface area contributed by atoms with Crippen LogP contribution >= 0.6 is 0 Å². The zero-order chi connectivity index (χ0) is 17.1. The van der Waals surface area contributed by atoms with E-state index in [0.29, 0.717) is 30.2 Å². The summed E-state index contributed by atoms with van der Waals surface area (Å²) in [5.41, 5.74) is 0.784. The Morgan fingerprint density at radius 2 is 1.75 bits per heavy atom. The zero-order valence-electron chi connectivity index (χ0n) is 13.8. The van der Waals surface area contributed by atoms with Crippen molar-refractivity contribution in [1.29, 1.82) is 0 Å². The minimum absolute atomic E-state index is 0.228. The Morgan fingerprint density at radius 1 is 1.04 bits per heavy atom. The van der Waals surface area contributed by atoms with E-state index in [2.05, 4.69) is 15.5 Å². The second-order valence-electron chi connectivity index (χ2n) is 6.03. The van der Waals surface area contributed by atoms with E-state index in [1.807, 2.05) is 32.3 Å². The summed E-state index contributed by atoms with van der Waals surface area (Å²) in [5, 5.41) is 6.10. The maximum Gasteiger partial charge on any atom is 0.253 e. The van der Waals surface area contributed by atoms with Crippen molar-refractivity contribution in [3.05, 3.63) is 44.2 Å². The fraction of sp³-hybridized carbons (Fsp3) is 0.412. The second kappa shape index (κ2) is 6.92. The van der Waals surface area contributed by atoms with Gasteiger partial charge in [-0.2, -0.15) is 0 Å². The summed E-state index contributed by atoms with van der Waals surface area (Å²) in [6.07, 6.45) is 0.896. The van der Waals surface area contributed by atoms with Crippen LogP contribution in [0.15, 0.2) is 27.8 Å². The summed E-state index contributed by atoms with van der Waals surface area (Å²) in [7, 11) is 3.99. The van der Waals surface area contributed by atoms with Gasteiger partial charge < -0.3 is 25.0 Å². The summed E-state index contributed by atoms with van der Waals surface area (Å²) in [6, 6.07) is 5.60. The number of hydrogen-bond acceptors (Lipinski definition) is 7. The van der Waals surface area contributed by atoms with Crippen LogP contribution in [0, 0.1) is 0 Å². The highest BCUT2D eigenvalue weighted by Crippen LogP contribution is 2.32. The van der Waals surface area contributed by atoms with Crippen LogP contribution in [-0.2, 0) is 6.54 Å². The molecule has 1 heterocycles. The first kappa shape index (κ1) is 16.3. The van der Waals surface area contributed by atoms with Crippen molar-refractivity contribution in [3.63, 3.8) is 0 Å². The van der Waals surface area contributed by atoms with Crippen LogP contribution in [0.2, 0.25) is 0 Å². The topological polar surface area (TPSA) is 79.9 Å². The minimum Gasteiger partial charge on any atom is -0.454 e. The van der Waals surface area contributed by atoms with Gasteiger partial charge in [0.05, 0.1) is 0 Å². The minimum atomic E-state index is -0.467. The van der Waals surface area contributed by atoms with Crippen LogP contribution < -0.4 is 31.0 Å². The molecule has 0 unspecified atom stereocenters. The molecule has 0 aromatic heterocycles. The van der Waals surface area contributed by atoms with Gasteiger partial charge in [-0.05, 0) is 44.8 Å². The third kappa shape index (κ3) is 3.35. The number of anilines is 2. The van der Waals surface area contributed by atoms with Crippen LogP contribution in [0.1, 0.15) is 12.0 Å². The van der Waals surface area contributed by atoms with Gasteiger partial charge in [-0.15, -0.1) is 0 Å². The third-order valence-corrected chi connectivity index (χ3v) is 3.90. The molecular formula is C17H21N3O4. The van der Waals surface area contributed by atoms with Gasteiger partial charge in [0.1, 0.15) is 11.4 Å². The molecule has 3 rings (SSSR count).